The third-order valence-corrected chi connectivity index (χ3v) is 3.98. The first-order valence-corrected chi connectivity index (χ1v) is 7.68. The van der Waals surface area contributed by atoms with Crippen molar-refractivity contribution in [1.29, 1.82) is 0 Å². The van der Waals surface area contributed by atoms with Gasteiger partial charge in [0.05, 0.1) is 0 Å². The summed E-state index contributed by atoms with van der Waals surface area (Å²) >= 11 is 0. The van der Waals surface area contributed by atoms with Crippen molar-refractivity contribution in [2.24, 2.45) is 0 Å². The average Bonchev–Trinajstić information content (AvgIpc) is 2.56. The summed E-state index contributed by atoms with van der Waals surface area (Å²) in [6.07, 6.45) is 1.68. The smallest absolute Gasteiger partial charge is 0.255 e. The van der Waals surface area contributed by atoms with Crippen molar-refractivity contribution in [3.05, 3.63) is 60.6 Å². The van der Waals surface area contributed by atoms with Crippen LogP contribution < -0.4 is 10.2 Å². The van der Waals surface area contributed by atoms with E-state index in [2.05, 4.69) is 27.1 Å². The minimum absolute atomic E-state index is 0.159. The Hall–Kier alpha value is -2.40. The first-order chi connectivity index (χ1) is 11.1. The highest BCUT2D eigenvalue weighted by atomic mass is 16.1. The highest BCUT2D eigenvalue weighted by Gasteiger charge is 2.16. The van der Waals surface area contributed by atoms with E-state index in [0.717, 1.165) is 32.0 Å². The van der Waals surface area contributed by atoms with E-state index < -0.39 is 0 Å². The van der Waals surface area contributed by atoms with Gasteiger partial charge in [0.1, 0.15) is 5.82 Å². The van der Waals surface area contributed by atoms with Gasteiger partial charge in [0.15, 0.2) is 0 Å². The van der Waals surface area contributed by atoms with Crippen LogP contribution in [0.15, 0.2) is 42.6 Å². The third-order valence-electron chi connectivity index (χ3n) is 3.98. The van der Waals surface area contributed by atoms with Crippen molar-refractivity contribution in [2.75, 3.05) is 43.4 Å². The Kier molecular flexibility index (Phi) is 4.57. The average molecular weight is 308 g/mol. The van der Waals surface area contributed by atoms with Gasteiger partial charge in [-0.2, -0.15) is 0 Å². The summed E-state index contributed by atoms with van der Waals surface area (Å²) in [5, 5.41) is 2.86. The second-order valence-corrected chi connectivity index (χ2v) is 5.77. The Labute approximate surface area is 136 Å². The quantitative estimate of drug-likeness (QED) is 0.944. The van der Waals surface area contributed by atoms with Crippen molar-refractivity contribution in [3.8, 4) is 0 Å². The molecule has 0 unspecified atom stereocenters. The molecule has 1 N–H and O–H groups in total. The molecule has 23 heavy (non-hydrogen) atoms. The van der Waals surface area contributed by atoms with Crippen LogP contribution >= 0.6 is 0 Å². The van der Waals surface area contributed by atoms with Gasteiger partial charge in [0.2, 0.25) is 0 Å². The van der Waals surface area contributed by atoms with E-state index in [9.17, 15) is 4.79 Å². The number of hydrogen-bond donors (Lipinski definition) is 1. The lowest BCUT2D eigenvalue weighted by Gasteiger charge is -2.33. The number of nitrogens with zero attached hydrogens (tertiary/aromatic N) is 3. The highest BCUT2D eigenvalue weighted by molar-refractivity contribution is 6.04. The zero-order chi connectivity index (χ0) is 16.2. The molecule has 3 rings (SSSR count). The van der Waals surface area contributed by atoms with Crippen LogP contribution in [0.2, 0.25) is 0 Å². The van der Waals surface area contributed by atoms with Crippen LogP contribution in [0.5, 0.6) is 0 Å². The first kappa shape index (κ1) is 15.5. The molecule has 0 aliphatic carbocycles. The Morgan fingerprint density at radius 2 is 1.96 bits per heavy atom. The minimum Gasteiger partial charge on any atom is -0.354 e. The van der Waals surface area contributed by atoms with E-state index in [1.807, 2.05) is 18.2 Å². The van der Waals surface area contributed by atoms with Gasteiger partial charge in [-0.25, -0.2) is 4.98 Å². The molecule has 0 atom stereocenters. The predicted molar refractivity (Wildman–Crippen MR) is 91.7 cm³/mol. The summed E-state index contributed by atoms with van der Waals surface area (Å²) in [5.41, 5.74) is 1.90. The number of carbonyl (C=O) groups excluding carboxylic acids is 1. The molecule has 1 aromatic heterocycles. The number of carbonyl (C=O) groups is 1. The topological polar surface area (TPSA) is 48.5 Å². The van der Waals surface area contributed by atoms with Crippen LogP contribution in [-0.4, -0.2) is 49.0 Å². The summed E-state index contributed by atoms with van der Waals surface area (Å²) < 4.78 is 0. The number of anilines is 2. The molecule has 0 bridgehead atoms. The maximum absolute atomic E-state index is 12.4. The zero-order valence-electron chi connectivity index (χ0n) is 13.2. The summed E-state index contributed by atoms with van der Waals surface area (Å²) in [6, 6.07) is 10.7. The third kappa shape index (κ3) is 3.87. The minimum atomic E-state index is -0.159. The molecular formula is C18H20N4O. The van der Waals surface area contributed by atoms with Crippen LogP contribution in [0, 0.1) is 6.92 Å². The van der Waals surface area contributed by atoms with E-state index in [-0.39, 0.29) is 5.91 Å². The molecule has 118 valence electrons. The zero-order valence-corrected chi connectivity index (χ0v) is 13.2. The van der Waals surface area contributed by atoms with Gasteiger partial charge >= 0.3 is 0 Å². The number of benzene rings is 1. The van der Waals surface area contributed by atoms with E-state index >= 15 is 0 Å². The number of rotatable bonds is 3. The second-order valence-electron chi connectivity index (χ2n) is 5.77. The van der Waals surface area contributed by atoms with Crippen molar-refractivity contribution in [2.45, 2.75) is 0 Å². The Morgan fingerprint density at radius 1 is 1.17 bits per heavy atom. The van der Waals surface area contributed by atoms with Crippen molar-refractivity contribution in [3.63, 3.8) is 0 Å². The number of aromatic nitrogens is 1. The van der Waals surface area contributed by atoms with Crippen LogP contribution in [0.3, 0.4) is 0 Å². The molecule has 1 fully saturated rings. The van der Waals surface area contributed by atoms with Crippen molar-refractivity contribution < 1.29 is 4.79 Å². The van der Waals surface area contributed by atoms with Crippen LogP contribution in [0.1, 0.15) is 15.9 Å². The number of pyridine rings is 1. The van der Waals surface area contributed by atoms with Gasteiger partial charge in [-0.3, -0.25) is 4.79 Å². The van der Waals surface area contributed by atoms with Gasteiger partial charge in [-0.15, -0.1) is 0 Å². The molecule has 2 heterocycles. The van der Waals surface area contributed by atoms with Gasteiger partial charge in [-0.1, -0.05) is 12.1 Å². The molecule has 0 spiro atoms. The van der Waals surface area contributed by atoms with E-state index in [0.29, 0.717) is 16.8 Å². The summed E-state index contributed by atoms with van der Waals surface area (Å²) in [5.74, 6) is 0.687. The molecular weight excluding hydrogens is 288 g/mol. The molecule has 2 radical (unpaired) electrons. The van der Waals surface area contributed by atoms with Crippen LogP contribution in [0.25, 0.3) is 0 Å². The van der Waals surface area contributed by atoms with Crippen LogP contribution in [0.4, 0.5) is 11.5 Å². The molecule has 1 amide bonds. The maximum Gasteiger partial charge on any atom is 0.255 e. The summed E-state index contributed by atoms with van der Waals surface area (Å²) in [4.78, 5) is 21.3. The molecule has 1 aliphatic rings. The largest absolute Gasteiger partial charge is 0.354 e. The Morgan fingerprint density at radius 3 is 2.70 bits per heavy atom. The first-order valence-electron chi connectivity index (χ1n) is 7.68. The number of amides is 1. The van der Waals surface area contributed by atoms with Gasteiger partial charge in [0, 0.05) is 43.6 Å². The van der Waals surface area contributed by atoms with Crippen LogP contribution in [-0.2, 0) is 0 Å². The molecule has 5 nitrogen and oxygen atoms in total. The summed E-state index contributed by atoms with van der Waals surface area (Å²) in [6.45, 7) is 9.58. The lowest BCUT2D eigenvalue weighted by Crippen LogP contribution is -2.44. The van der Waals surface area contributed by atoms with Gasteiger partial charge in [0.25, 0.3) is 5.91 Å². The standard InChI is InChI=1S/C18H20N4O/c1-14-4-3-5-16(12-14)20-18(23)15-6-7-19-17(13-15)22-10-8-21(2)9-11-22/h1,3-7,12-13H,8-11H2,2H3,(H,20,23). The maximum atomic E-state index is 12.4. The molecule has 0 saturated carbocycles. The van der Waals surface area contributed by atoms with Crippen molar-refractivity contribution >= 4 is 17.4 Å². The van der Waals surface area contributed by atoms with Gasteiger partial charge < -0.3 is 15.1 Å². The van der Waals surface area contributed by atoms with E-state index in [1.54, 1.807) is 24.4 Å². The second kappa shape index (κ2) is 6.79. The fraction of sp³-hybridized carbons (Fsp3) is 0.278. The fourth-order valence-corrected chi connectivity index (χ4v) is 2.59. The van der Waals surface area contributed by atoms with E-state index in [1.165, 1.54) is 0 Å². The van der Waals surface area contributed by atoms with Gasteiger partial charge in [-0.05, 0) is 43.8 Å². The molecule has 1 saturated heterocycles. The monoisotopic (exact) mass is 308 g/mol. The summed E-state index contributed by atoms with van der Waals surface area (Å²) in [7, 11) is 2.11. The predicted octanol–water partition coefficient (Wildman–Crippen LogP) is 2.14. The normalized spacial score (nSPS) is 15.5. The molecule has 5 heteroatoms. The van der Waals surface area contributed by atoms with Crippen molar-refractivity contribution in [1.82, 2.24) is 9.88 Å². The Bertz CT molecular complexity index is 693. The van der Waals surface area contributed by atoms with E-state index in [4.69, 9.17) is 6.92 Å². The lowest BCUT2D eigenvalue weighted by molar-refractivity contribution is 0.102. The number of nitrogens with one attached hydrogen (secondary N) is 1. The lowest BCUT2D eigenvalue weighted by atomic mass is 10.2. The SMILES string of the molecule is [CH]c1cccc(NC(=O)c2ccnc(N3CCN(C)CC3)c2)c1. The fourth-order valence-electron chi connectivity index (χ4n) is 2.59. The molecule has 1 aromatic carbocycles. The molecule has 1 aliphatic heterocycles. The Balaban J connectivity index is 1.72. The number of hydrogen-bond acceptors (Lipinski definition) is 4. The number of likely N-dealkylation sites (N-methyl/N-ethyl adjacent to an activating group) is 1. The highest BCUT2D eigenvalue weighted by Crippen LogP contribution is 2.16. The molecule has 2 aromatic rings. The number of piperazine rings is 1.